The first-order chi connectivity index (χ1) is 9.31. The Kier molecular flexibility index (Phi) is 2.73. The van der Waals surface area contributed by atoms with E-state index in [0.717, 1.165) is 12.0 Å². The van der Waals surface area contributed by atoms with E-state index in [2.05, 4.69) is 23.5 Å². The fraction of sp³-hybridized carbons (Fsp3) is 0.588. The summed E-state index contributed by atoms with van der Waals surface area (Å²) < 4.78 is 0. The number of Topliss-reactive ketones (excluding diaryl/α,β-unsaturated/α-hetero) is 1. The van der Waals surface area contributed by atoms with Crippen LogP contribution in [-0.4, -0.2) is 17.9 Å². The molecule has 1 aromatic carbocycles. The molecule has 0 radical (unpaired) electrons. The van der Waals surface area contributed by atoms with Gasteiger partial charge in [-0.2, -0.15) is 0 Å². The van der Waals surface area contributed by atoms with Gasteiger partial charge in [0.2, 0.25) is 0 Å². The molecule has 3 unspecified atom stereocenters. The Hall–Kier alpha value is -1.15. The molecule has 0 amide bonds. The minimum absolute atomic E-state index is 0.232. The number of rotatable bonds is 3. The van der Waals surface area contributed by atoms with Gasteiger partial charge in [-0.05, 0) is 49.7 Å². The zero-order valence-corrected chi connectivity index (χ0v) is 11.3. The Morgan fingerprint density at radius 1 is 1.16 bits per heavy atom. The summed E-state index contributed by atoms with van der Waals surface area (Å²) in [5.41, 5.74) is 2.33. The Labute approximate surface area is 114 Å². The first kappa shape index (κ1) is 11.7. The standard InChI is InChI=1S/C17H21NO/c19-17(15-10-14-7-8-16(15)18-14)13-6-2-5-12(9-13)11-3-1-4-11/h2,5-6,9,11,14-16,18H,1,3-4,7-8,10H2. The van der Waals surface area contributed by atoms with Crippen molar-refractivity contribution in [2.24, 2.45) is 5.92 Å². The predicted molar refractivity (Wildman–Crippen MR) is 75.4 cm³/mol. The lowest BCUT2D eigenvalue weighted by atomic mass is 9.78. The van der Waals surface area contributed by atoms with Crippen LogP contribution >= 0.6 is 0 Å². The molecule has 100 valence electrons. The molecule has 1 saturated carbocycles. The minimum atomic E-state index is 0.232. The van der Waals surface area contributed by atoms with Crippen molar-refractivity contribution < 1.29 is 4.79 Å². The van der Waals surface area contributed by atoms with Crippen molar-refractivity contribution in [1.29, 1.82) is 0 Å². The molecule has 3 fully saturated rings. The van der Waals surface area contributed by atoms with Crippen LogP contribution in [-0.2, 0) is 0 Å². The van der Waals surface area contributed by atoms with Crippen molar-refractivity contribution >= 4 is 5.78 Å². The van der Waals surface area contributed by atoms with E-state index in [-0.39, 0.29) is 5.92 Å². The lowest BCUT2D eigenvalue weighted by molar-refractivity contribution is 0.0900. The largest absolute Gasteiger partial charge is 0.310 e. The van der Waals surface area contributed by atoms with Crippen molar-refractivity contribution in [3.05, 3.63) is 35.4 Å². The van der Waals surface area contributed by atoms with Gasteiger partial charge >= 0.3 is 0 Å². The molecule has 3 aliphatic rings. The summed E-state index contributed by atoms with van der Waals surface area (Å²) in [6, 6.07) is 9.49. The van der Waals surface area contributed by atoms with Crippen molar-refractivity contribution in [2.45, 2.75) is 56.5 Å². The maximum Gasteiger partial charge on any atom is 0.167 e. The smallest absolute Gasteiger partial charge is 0.167 e. The van der Waals surface area contributed by atoms with Gasteiger partial charge in [-0.25, -0.2) is 0 Å². The zero-order chi connectivity index (χ0) is 12.8. The molecule has 19 heavy (non-hydrogen) atoms. The average Bonchev–Trinajstić information content (AvgIpc) is 2.98. The lowest BCUT2D eigenvalue weighted by Gasteiger charge is -2.26. The molecule has 2 bridgehead atoms. The van der Waals surface area contributed by atoms with Crippen LogP contribution in [0.5, 0.6) is 0 Å². The van der Waals surface area contributed by atoms with Gasteiger partial charge in [0.15, 0.2) is 5.78 Å². The summed E-state index contributed by atoms with van der Waals surface area (Å²) in [5, 5.41) is 3.57. The van der Waals surface area contributed by atoms with Gasteiger partial charge in [0.1, 0.15) is 0 Å². The Balaban J connectivity index is 1.56. The zero-order valence-electron chi connectivity index (χ0n) is 11.3. The van der Waals surface area contributed by atoms with E-state index in [1.807, 2.05) is 6.07 Å². The van der Waals surface area contributed by atoms with E-state index in [1.165, 1.54) is 37.7 Å². The minimum Gasteiger partial charge on any atom is -0.310 e. The third-order valence-corrected chi connectivity index (χ3v) is 5.38. The molecular formula is C17H21NO. The number of benzene rings is 1. The highest BCUT2D eigenvalue weighted by molar-refractivity contribution is 5.98. The van der Waals surface area contributed by atoms with Gasteiger partial charge in [0, 0.05) is 23.6 Å². The van der Waals surface area contributed by atoms with Crippen LogP contribution < -0.4 is 5.32 Å². The van der Waals surface area contributed by atoms with Crippen LogP contribution in [0.15, 0.2) is 24.3 Å². The normalized spacial score (nSPS) is 33.4. The molecule has 2 nitrogen and oxygen atoms in total. The SMILES string of the molecule is O=C(c1cccc(C2CCC2)c1)C1CC2CCC1N2. The summed E-state index contributed by atoms with van der Waals surface area (Å²) >= 11 is 0. The van der Waals surface area contributed by atoms with Crippen LogP contribution in [0, 0.1) is 5.92 Å². The molecule has 1 N–H and O–H groups in total. The molecule has 0 spiro atoms. The number of hydrogen-bond acceptors (Lipinski definition) is 2. The van der Waals surface area contributed by atoms with E-state index in [4.69, 9.17) is 0 Å². The number of carbonyl (C=O) groups excluding carboxylic acids is 1. The molecule has 0 aromatic heterocycles. The molecule has 1 aromatic rings. The molecule has 2 heterocycles. The van der Waals surface area contributed by atoms with Crippen LogP contribution in [0.3, 0.4) is 0 Å². The van der Waals surface area contributed by atoms with E-state index >= 15 is 0 Å². The highest BCUT2D eigenvalue weighted by atomic mass is 16.1. The Morgan fingerprint density at radius 3 is 2.68 bits per heavy atom. The van der Waals surface area contributed by atoms with Crippen molar-refractivity contribution in [1.82, 2.24) is 5.32 Å². The summed E-state index contributed by atoms with van der Waals surface area (Å²) in [5.74, 6) is 1.32. The number of carbonyl (C=O) groups is 1. The van der Waals surface area contributed by atoms with E-state index in [9.17, 15) is 4.79 Å². The first-order valence-electron chi connectivity index (χ1n) is 7.71. The molecule has 2 aliphatic heterocycles. The maximum atomic E-state index is 12.7. The first-order valence-corrected chi connectivity index (χ1v) is 7.71. The second-order valence-corrected chi connectivity index (χ2v) is 6.51. The Morgan fingerprint density at radius 2 is 2.05 bits per heavy atom. The van der Waals surface area contributed by atoms with Crippen molar-refractivity contribution in [3.8, 4) is 0 Å². The summed E-state index contributed by atoms with van der Waals surface area (Å²) in [4.78, 5) is 12.7. The number of nitrogens with one attached hydrogen (secondary N) is 1. The molecule has 2 heteroatoms. The second kappa shape index (κ2) is 4.45. The van der Waals surface area contributed by atoms with Gasteiger partial charge in [-0.3, -0.25) is 4.79 Å². The Bertz CT molecular complexity index is 506. The monoisotopic (exact) mass is 255 g/mol. The number of fused-ring (bicyclic) bond motifs is 2. The molecule has 3 atom stereocenters. The lowest BCUT2D eigenvalue weighted by Crippen LogP contribution is -2.28. The fourth-order valence-electron chi connectivity index (χ4n) is 4.02. The third kappa shape index (κ3) is 1.93. The predicted octanol–water partition coefficient (Wildman–Crippen LogP) is 3.28. The van der Waals surface area contributed by atoms with Gasteiger partial charge in [0.05, 0.1) is 0 Å². The number of ketones is 1. The second-order valence-electron chi connectivity index (χ2n) is 6.51. The van der Waals surface area contributed by atoms with E-state index < -0.39 is 0 Å². The fourth-order valence-corrected chi connectivity index (χ4v) is 4.02. The average molecular weight is 255 g/mol. The summed E-state index contributed by atoms with van der Waals surface area (Å²) in [7, 11) is 0. The third-order valence-electron chi connectivity index (χ3n) is 5.38. The highest BCUT2D eigenvalue weighted by Gasteiger charge is 2.42. The van der Waals surface area contributed by atoms with Gasteiger partial charge in [0.25, 0.3) is 0 Å². The van der Waals surface area contributed by atoms with Crippen molar-refractivity contribution in [2.75, 3.05) is 0 Å². The quantitative estimate of drug-likeness (QED) is 0.840. The summed E-state index contributed by atoms with van der Waals surface area (Å²) in [6.45, 7) is 0. The van der Waals surface area contributed by atoms with E-state index in [1.54, 1.807) is 0 Å². The van der Waals surface area contributed by atoms with E-state index in [0.29, 0.717) is 23.8 Å². The highest BCUT2D eigenvalue weighted by Crippen LogP contribution is 2.38. The molecule has 1 aliphatic carbocycles. The van der Waals surface area contributed by atoms with Gasteiger partial charge in [-0.15, -0.1) is 0 Å². The van der Waals surface area contributed by atoms with Gasteiger partial charge in [-0.1, -0.05) is 24.6 Å². The maximum absolute atomic E-state index is 12.7. The topological polar surface area (TPSA) is 29.1 Å². The van der Waals surface area contributed by atoms with Crippen LogP contribution in [0.2, 0.25) is 0 Å². The number of hydrogen-bond donors (Lipinski definition) is 1. The molecular weight excluding hydrogens is 234 g/mol. The molecule has 2 saturated heterocycles. The summed E-state index contributed by atoms with van der Waals surface area (Å²) in [6.07, 6.45) is 7.44. The van der Waals surface area contributed by atoms with Crippen LogP contribution in [0.4, 0.5) is 0 Å². The van der Waals surface area contributed by atoms with Crippen LogP contribution in [0.25, 0.3) is 0 Å². The van der Waals surface area contributed by atoms with Crippen LogP contribution in [0.1, 0.15) is 60.4 Å². The molecule has 4 rings (SSSR count). The van der Waals surface area contributed by atoms with Crippen molar-refractivity contribution in [3.63, 3.8) is 0 Å². The van der Waals surface area contributed by atoms with Gasteiger partial charge < -0.3 is 5.32 Å².